The van der Waals surface area contributed by atoms with Gasteiger partial charge >= 0.3 is 0 Å². The van der Waals surface area contributed by atoms with Crippen LogP contribution in [0.5, 0.6) is 0 Å². The van der Waals surface area contributed by atoms with Crippen LogP contribution in [0.3, 0.4) is 0 Å². The van der Waals surface area contributed by atoms with Gasteiger partial charge in [-0.15, -0.1) is 0 Å². The van der Waals surface area contributed by atoms with Gasteiger partial charge in [0, 0.05) is 10.2 Å². The van der Waals surface area contributed by atoms with Gasteiger partial charge in [-0.3, -0.25) is 0 Å². The first-order valence-electron chi connectivity index (χ1n) is 7.50. The quantitative estimate of drug-likeness (QED) is 0.614. The Balaban J connectivity index is 1.58. The van der Waals surface area contributed by atoms with Crippen molar-refractivity contribution >= 4 is 21.6 Å². The number of anilines is 1. The number of nitrogens with one attached hydrogen (secondary N) is 1. The Morgan fingerprint density at radius 1 is 0.818 bits per heavy atom. The minimum atomic E-state index is 0.370. The molecule has 1 atom stereocenters. The average Bonchev–Trinajstić information content (AvgIpc) is 2.99. The van der Waals surface area contributed by atoms with Crippen molar-refractivity contribution in [1.82, 2.24) is 0 Å². The standard InChI is InChI=1S/C20H16BrN/c21-18-11-10-17-12-19(22-20(17)13-18)16-8-6-15(7-9-16)14-4-2-1-3-5-14/h1-11,13,19,22H,12H2. The monoisotopic (exact) mass is 349 g/mol. The second kappa shape index (κ2) is 5.62. The van der Waals surface area contributed by atoms with E-state index < -0.39 is 0 Å². The van der Waals surface area contributed by atoms with Gasteiger partial charge in [-0.2, -0.15) is 0 Å². The smallest absolute Gasteiger partial charge is 0.0555 e. The van der Waals surface area contributed by atoms with Crippen LogP contribution in [0.25, 0.3) is 11.1 Å². The number of fused-ring (bicyclic) bond motifs is 1. The van der Waals surface area contributed by atoms with Crippen molar-refractivity contribution in [1.29, 1.82) is 0 Å². The van der Waals surface area contributed by atoms with Gasteiger partial charge in [0.05, 0.1) is 6.04 Å². The molecule has 4 rings (SSSR count). The van der Waals surface area contributed by atoms with E-state index >= 15 is 0 Å². The topological polar surface area (TPSA) is 12.0 Å². The van der Waals surface area contributed by atoms with Crippen molar-refractivity contribution < 1.29 is 0 Å². The van der Waals surface area contributed by atoms with E-state index in [1.807, 2.05) is 0 Å². The first-order chi connectivity index (χ1) is 10.8. The fraction of sp³-hybridized carbons (Fsp3) is 0.100. The zero-order valence-electron chi connectivity index (χ0n) is 12.1. The summed E-state index contributed by atoms with van der Waals surface area (Å²) in [7, 11) is 0. The van der Waals surface area contributed by atoms with Crippen LogP contribution in [0.2, 0.25) is 0 Å². The van der Waals surface area contributed by atoms with E-state index in [1.165, 1.54) is 27.9 Å². The third-order valence-corrected chi connectivity index (χ3v) is 4.74. The Morgan fingerprint density at radius 2 is 1.55 bits per heavy atom. The van der Waals surface area contributed by atoms with Gasteiger partial charge in [-0.1, -0.05) is 76.6 Å². The Hall–Kier alpha value is -2.06. The molecule has 0 aromatic heterocycles. The van der Waals surface area contributed by atoms with Gasteiger partial charge in [0.1, 0.15) is 0 Å². The fourth-order valence-corrected chi connectivity index (χ4v) is 3.42. The van der Waals surface area contributed by atoms with E-state index in [4.69, 9.17) is 0 Å². The molecular formula is C20H16BrN. The van der Waals surface area contributed by atoms with E-state index in [0.717, 1.165) is 10.9 Å². The molecule has 108 valence electrons. The molecule has 1 unspecified atom stereocenters. The lowest BCUT2D eigenvalue weighted by Crippen LogP contribution is -2.05. The summed E-state index contributed by atoms with van der Waals surface area (Å²) >= 11 is 3.54. The van der Waals surface area contributed by atoms with Crippen molar-refractivity contribution in [2.24, 2.45) is 0 Å². The number of halogens is 1. The molecule has 0 bridgehead atoms. The number of hydrogen-bond donors (Lipinski definition) is 1. The minimum Gasteiger partial charge on any atom is -0.378 e. The van der Waals surface area contributed by atoms with Gasteiger partial charge in [0.15, 0.2) is 0 Å². The van der Waals surface area contributed by atoms with Gasteiger partial charge in [-0.05, 0) is 40.8 Å². The molecule has 22 heavy (non-hydrogen) atoms. The van der Waals surface area contributed by atoms with Crippen molar-refractivity contribution in [3.63, 3.8) is 0 Å². The molecule has 2 heteroatoms. The maximum absolute atomic E-state index is 3.62. The average molecular weight is 350 g/mol. The number of rotatable bonds is 2. The van der Waals surface area contributed by atoms with Gasteiger partial charge in [0.2, 0.25) is 0 Å². The third-order valence-electron chi connectivity index (χ3n) is 4.25. The molecular weight excluding hydrogens is 334 g/mol. The Labute approximate surface area is 139 Å². The SMILES string of the molecule is Brc1ccc2c(c1)NC(c1ccc(-c3ccccc3)cc1)C2. The molecule has 0 saturated carbocycles. The third kappa shape index (κ3) is 2.55. The second-order valence-corrected chi connectivity index (χ2v) is 6.61. The summed E-state index contributed by atoms with van der Waals surface area (Å²) in [6.45, 7) is 0. The van der Waals surface area contributed by atoms with Gasteiger partial charge in [-0.25, -0.2) is 0 Å². The fourth-order valence-electron chi connectivity index (χ4n) is 3.06. The normalized spacial score (nSPS) is 16.1. The van der Waals surface area contributed by atoms with Crippen LogP contribution in [-0.2, 0) is 6.42 Å². The molecule has 0 radical (unpaired) electrons. The maximum atomic E-state index is 3.62. The van der Waals surface area contributed by atoms with Crippen LogP contribution in [0.4, 0.5) is 5.69 Å². The summed E-state index contributed by atoms with van der Waals surface area (Å²) in [5.41, 5.74) is 6.50. The lowest BCUT2D eigenvalue weighted by molar-refractivity contribution is 0.824. The zero-order valence-corrected chi connectivity index (χ0v) is 13.7. The summed E-state index contributed by atoms with van der Waals surface area (Å²) in [6.07, 6.45) is 1.05. The van der Waals surface area contributed by atoms with Crippen LogP contribution in [-0.4, -0.2) is 0 Å². The molecule has 3 aromatic rings. The lowest BCUT2D eigenvalue weighted by Gasteiger charge is -2.12. The predicted molar refractivity (Wildman–Crippen MR) is 96.1 cm³/mol. The van der Waals surface area contributed by atoms with E-state index in [1.54, 1.807) is 0 Å². The summed E-state index contributed by atoms with van der Waals surface area (Å²) in [5.74, 6) is 0. The van der Waals surface area contributed by atoms with E-state index in [-0.39, 0.29) is 0 Å². The largest absolute Gasteiger partial charge is 0.378 e. The summed E-state index contributed by atoms with van der Waals surface area (Å²) < 4.78 is 1.12. The first kappa shape index (κ1) is 13.6. The minimum absolute atomic E-state index is 0.370. The highest BCUT2D eigenvalue weighted by Gasteiger charge is 2.21. The predicted octanol–water partition coefficient (Wildman–Crippen LogP) is 5.83. The van der Waals surface area contributed by atoms with Crippen molar-refractivity contribution in [3.8, 4) is 11.1 Å². The van der Waals surface area contributed by atoms with E-state index in [9.17, 15) is 0 Å². The number of benzene rings is 3. The van der Waals surface area contributed by atoms with Crippen LogP contribution in [0.15, 0.2) is 77.3 Å². The van der Waals surface area contributed by atoms with Crippen LogP contribution < -0.4 is 5.32 Å². The molecule has 0 fully saturated rings. The lowest BCUT2D eigenvalue weighted by atomic mass is 9.99. The molecule has 0 saturated heterocycles. The highest BCUT2D eigenvalue weighted by atomic mass is 79.9. The summed E-state index contributed by atoms with van der Waals surface area (Å²) in [4.78, 5) is 0. The molecule has 0 aliphatic carbocycles. The van der Waals surface area contributed by atoms with Crippen molar-refractivity contribution in [2.75, 3.05) is 5.32 Å². The molecule has 3 aromatic carbocycles. The maximum Gasteiger partial charge on any atom is 0.0555 e. The van der Waals surface area contributed by atoms with Crippen molar-refractivity contribution in [3.05, 3.63) is 88.4 Å². The molecule has 0 spiro atoms. The summed E-state index contributed by atoms with van der Waals surface area (Å²) in [5, 5.41) is 3.62. The second-order valence-electron chi connectivity index (χ2n) is 5.69. The zero-order chi connectivity index (χ0) is 14.9. The van der Waals surface area contributed by atoms with E-state index in [0.29, 0.717) is 6.04 Å². The number of hydrogen-bond acceptors (Lipinski definition) is 1. The van der Waals surface area contributed by atoms with Crippen molar-refractivity contribution in [2.45, 2.75) is 12.5 Å². The molecule has 1 aliphatic heterocycles. The van der Waals surface area contributed by atoms with Gasteiger partial charge in [0.25, 0.3) is 0 Å². The van der Waals surface area contributed by atoms with Gasteiger partial charge < -0.3 is 5.32 Å². The van der Waals surface area contributed by atoms with Crippen LogP contribution in [0.1, 0.15) is 17.2 Å². The molecule has 1 aliphatic rings. The molecule has 1 N–H and O–H groups in total. The Morgan fingerprint density at radius 3 is 2.32 bits per heavy atom. The molecule has 1 heterocycles. The van der Waals surface area contributed by atoms with Crippen LogP contribution >= 0.6 is 15.9 Å². The van der Waals surface area contributed by atoms with Crippen LogP contribution in [0, 0.1) is 0 Å². The van der Waals surface area contributed by atoms with E-state index in [2.05, 4.69) is 94.0 Å². The molecule has 0 amide bonds. The molecule has 1 nitrogen and oxygen atoms in total. The highest BCUT2D eigenvalue weighted by molar-refractivity contribution is 9.10. The highest BCUT2D eigenvalue weighted by Crippen LogP contribution is 2.36. The Kier molecular flexibility index (Phi) is 3.47. The Bertz CT molecular complexity index is 794. The first-order valence-corrected chi connectivity index (χ1v) is 8.29. The summed E-state index contributed by atoms with van der Waals surface area (Å²) in [6, 6.07) is 26.3.